The lowest BCUT2D eigenvalue weighted by Crippen LogP contribution is -2.36. The first kappa shape index (κ1) is 21.6. The van der Waals surface area contributed by atoms with E-state index in [4.69, 9.17) is 16.6 Å². The van der Waals surface area contributed by atoms with Gasteiger partial charge in [-0.3, -0.25) is 0 Å². The molecule has 1 saturated heterocycles. The molecule has 1 aliphatic heterocycles. The van der Waals surface area contributed by atoms with Gasteiger partial charge in [-0.1, -0.05) is 29.8 Å². The number of rotatable bonds is 7. The Balaban J connectivity index is 1.31. The molecule has 6 nitrogen and oxygen atoms in total. The van der Waals surface area contributed by atoms with Gasteiger partial charge in [0.1, 0.15) is 5.82 Å². The highest BCUT2D eigenvalue weighted by molar-refractivity contribution is 7.07. The molecule has 162 valence electrons. The van der Waals surface area contributed by atoms with Crippen LogP contribution in [0.15, 0.2) is 53.4 Å². The van der Waals surface area contributed by atoms with Gasteiger partial charge in [0.05, 0.1) is 23.4 Å². The van der Waals surface area contributed by atoms with Gasteiger partial charge >= 0.3 is 6.09 Å². The minimum atomic E-state index is -0.881. The van der Waals surface area contributed by atoms with Crippen LogP contribution < -0.4 is 4.90 Å². The molecule has 2 aromatic heterocycles. The van der Waals surface area contributed by atoms with Crippen LogP contribution in [0.3, 0.4) is 0 Å². The van der Waals surface area contributed by atoms with E-state index in [0.717, 1.165) is 60.1 Å². The molecule has 0 aliphatic carbocycles. The molecule has 1 amide bonds. The topological polar surface area (TPSA) is 69.6 Å². The van der Waals surface area contributed by atoms with E-state index in [1.54, 1.807) is 5.51 Å². The molecule has 1 aromatic carbocycles. The van der Waals surface area contributed by atoms with Crippen molar-refractivity contribution in [2.24, 2.45) is 5.92 Å². The number of nitrogens with zero attached hydrogens (tertiary/aromatic N) is 4. The molecule has 0 bridgehead atoms. The highest BCUT2D eigenvalue weighted by Crippen LogP contribution is 2.27. The summed E-state index contributed by atoms with van der Waals surface area (Å²) in [5.41, 5.74) is 4.54. The molecular formula is C23H25ClN4O2S. The second-order valence-corrected chi connectivity index (χ2v) is 8.95. The predicted molar refractivity (Wildman–Crippen MR) is 125 cm³/mol. The lowest BCUT2D eigenvalue weighted by molar-refractivity contribution is 0.137. The molecule has 0 radical (unpaired) electrons. The molecule has 1 aliphatic rings. The van der Waals surface area contributed by atoms with Gasteiger partial charge in [-0.25, -0.2) is 14.8 Å². The second kappa shape index (κ2) is 10.1. The van der Waals surface area contributed by atoms with Gasteiger partial charge in [-0.2, -0.15) is 0 Å². The van der Waals surface area contributed by atoms with Gasteiger partial charge in [0.15, 0.2) is 0 Å². The van der Waals surface area contributed by atoms with E-state index in [-0.39, 0.29) is 0 Å². The number of benzene rings is 1. The van der Waals surface area contributed by atoms with Crippen LogP contribution in [0.2, 0.25) is 5.02 Å². The normalized spacial score (nSPS) is 14.5. The highest BCUT2D eigenvalue weighted by atomic mass is 35.5. The third-order valence-electron chi connectivity index (χ3n) is 5.73. The maximum atomic E-state index is 11.6. The molecule has 1 N–H and O–H groups in total. The summed E-state index contributed by atoms with van der Waals surface area (Å²) >= 11 is 7.49. The van der Waals surface area contributed by atoms with Crippen molar-refractivity contribution < 1.29 is 9.90 Å². The Morgan fingerprint density at radius 1 is 1.19 bits per heavy atom. The number of thiazole rings is 1. The zero-order valence-corrected chi connectivity index (χ0v) is 18.7. The SMILES string of the molecule is O=C(O)N(CCC1CCN(c2cccc(-c3ccc(Cl)cc3)n2)CC1)Cc1cscn1. The summed E-state index contributed by atoms with van der Waals surface area (Å²) in [7, 11) is 0. The van der Waals surface area contributed by atoms with Crippen molar-refractivity contribution in [1.29, 1.82) is 0 Å². The van der Waals surface area contributed by atoms with Gasteiger partial charge in [-0.15, -0.1) is 11.3 Å². The highest BCUT2D eigenvalue weighted by Gasteiger charge is 2.22. The molecule has 0 atom stereocenters. The van der Waals surface area contributed by atoms with Gasteiger partial charge in [0, 0.05) is 35.6 Å². The van der Waals surface area contributed by atoms with E-state index in [1.807, 2.05) is 41.8 Å². The van der Waals surface area contributed by atoms with Gasteiger partial charge < -0.3 is 14.9 Å². The molecular weight excluding hydrogens is 432 g/mol. The molecule has 3 heterocycles. The van der Waals surface area contributed by atoms with Gasteiger partial charge in [0.25, 0.3) is 0 Å². The zero-order valence-electron chi connectivity index (χ0n) is 17.2. The van der Waals surface area contributed by atoms with E-state index < -0.39 is 6.09 Å². The Labute approximate surface area is 191 Å². The lowest BCUT2D eigenvalue weighted by atomic mass is 9.93. The number of piperidine rings is 1. The number of carbonyl (C=O) groups is 1. The van der Waals surface area contributed by atoms with E-state index in [2.05, 4.69) is 16.0 Å². The number of amides is 1. The Morgan fingerprint density at radius 2 is 1.97 bits per heavy atom. The average molecular weight is 457 g/mol. The van der Waals surface area contributed by atoms with Gasteiger partial charge in [0.2, 0.25) is 0 Å². The van der Waals surface area contributed by atoms with Crippen molar-refractivity contribution in [2.75, 3.05) is 24.5 Å². The summed E-state index contributed by atoms with van der Waals surface area (Å²) in [4.78, 5) is 24.4. The zero-order chi connectivity index (χ0) is 21.6. The van der Waals surface area contributed by atoms with E-state index >= 15 is 0 Å². The summed E-state index contributed by atoms with van der Waals surface area (Å²) in [6.07, 6.45) is 2.07. The molecule has 3 aromatic rings. The molecule has 0 saturated carbocycles. The number of anilines is 1. The Bertz CT molecular complexity index is 989. The van der Waals surface area contributed by atoms with Crippen LogP contribution >= 0.6 is 22.9 Å². The van der Waals surface area contributed by atoms with Crippen molar-refractivity contribution in [3.63, 3.8) is 0 Å². The van der Waals surface area contributed by atoms with Crippen molar-refractivity contribution >= 4 is 34.8 Å². The monoisotopic (exact) mass is 456 g/mol. The number of pyridine rings is 1. The first-order chi connectivity index (χ1) is 15.1. The number of aromatic nitrogens is 2. The third-order valence-corrected chi connectivity index (χ3v) is 6.61. The first-order valence-corrected chi connectivity index (χ1v) is 11.7. The fourth-order valence-electron chi connectivity index (χ4n) is 3.92. The number of hydrogen-bond donors (Lipinski definition) is 1. The Morgan fingerprint density at radius 3 is 2.65 bits per heavy atom. The fraction of sp³-hybridized carbons (Fsp3) is 0.348. The van der Waals surface area contributed by atoms with Crippen molar-refractivity contribution in [3.05, 3.63) is 64.1 Å². The van der Waals surface area contributed by atoms with E-state index in [9.17, 15) is 9.90 Å². The lowest BCUT2D eigenvalue weighted by Gasteiger charge is -2.33. The quantitative estimate of drug-likeness (QED) is 0.497. The van der Waals surface area contributed by atoms with Crippen molar-refractivity contribution in [3.8, 4) is 11.3 Å². The van der Waals surface area contributed by atoms with Crippen LogP contribution in [0.5, 0.6) is 0 Å². The first-order valence-electron chi connectivity index (χ1n) is 10.4. The maximum Gasteiger partial charge on any atom is 0.407 e. The van der Waals surface area contributed by atoms with E-state index in [0.29, 0.717) is 19.0 Å². The predicted octanol–water partition coefficient (Wildman–Crippen LogP) is 5.65. The number of halogens is 1. The minimum Gasteiger partial charge on any atom is -0.465 e. The molecule has 4 rings (SSSR count). The van der Waals surface area contributed by atoms with Crippen molar-refractivity contribution in [2.45, 2.75) is 25.8 Å². The summed E-state index contributed by atoms with van der Waals surface area (Å²) in [5, 5.41) is 12.1. The van der Waals surface area contributed by atoms with Crippen LogP contribution in [0, 0.1) is 5.92 Å². The molecule has 0 unspecified atom stereocenters. The molecule has 1 fully saturated rings. The third kappa shape index (κ3) is 5.74. The largest absolute Gasteiger partial charge is 0.465 e. The van der Waals surface area contributed by atoms with Crippen molar-refractivity contribution in [1.82, 2.24) is 14.9 Å². The Kier molecular flexibility index (Phi) is 7.04. The minimum absolute atomic E-state index is 0.360. The molecule has 31 heavy (non-hydrogen) atoms. The van der Waals surface area contributed by atoms with Crippen LogP contribution in [0.25, 0.3) is 11.3 Å². The summed E-state index contributed by atoms with van der Waals surface area (Å²) < 4.78 is 0. The summed E-state index contributed by atoms with van der Waals surface area (Å²) in [6.45, 7) is 2.77. The molecule has 8 heteroatoms. The van der Waals surface area contributed by atoms with Crippen LogP contribution in [-0.4, -0.2) is 45.7 Å². The van der Waals surface area contributed by atoms with Crippen LogP contribution in [0.1, 0.15) is 25.0 Å². The molecule has 0 spiro atoms. The number of hydrogen-bond acceptors (Lipinski definition) is 5. The average Bonchev–Trinajstić information content (AvgIpc) is 3.31. The number of carboxylic acid groups (broad SMARTS) is 1. The van der Waals surface area contributed by atoms with Gasteiger partial charge in [-0.05, 0) is 49.4 Å². The fourth-order valence-corrected chi connectivity index (χ4v) is 4.60. The maximum absolute atomic E-state index is 11.6. The Hall–Kier alpha value is -2.64. The second-order valence-electron chi connectivity index (χ2n) is 7.79. The summed E-state index contributed by atoms with van der Waals surface area (Å²) in [5.74, 6) is 1.51. The standard InChI is InChI=1S/C23H25ClN4O2S/c24-19-6-4-18(5-7-19)21-2-1-3-22(26-21)27-11-8-17(9-12-27)10-13-28(23(29)30)14-20-15-31-16-25-20/h1-7,15-17H,8-14H2,(H,29,30). The van der Waals surface area contributed by atoms with Crippen LogP contribution in [-0.2, 0) is 6.54 Å². The van der Waals surface area contributed by atoms with Crippen LogP contribution in [0.4, 0.5) is 10.6 Å². The summed E-state index contributed by atoms with van der Waals surface area (Å²) in [6, 6.07) is 13.8. The smallest absolute Gasteiger partial charge is 0.407 e. The van der Waals surface area contributed by atoms with E-state index in [1.165, 1.54) is 16.2 Å².